The number of nitrogens with zero attached hydrogens (tertiary/aromatic N) is 1. The molecule has 1 heterocycles. The number of carbonyl (C=O) groups excluding carboxylic acids is 1. The van der Waals surface area contributed by atoms with E-state index in [9.17, 15) is 4.79 Å². The van der Waals surface area contributed by atoms with Crippen molar-refractivity contribution in [3.8, 4) is 0 Å². The van der Waals surface area contributed by atoms with Crippen molar-refractivity contribution in [1.82, 2.24) is 4.90 Å². The molecule has 0 N–H and O–H groups in total. The summed E-state index contributed by atoms with van der Waals surface area (Å²) in [4.78, 5) is 14.5. The van der Waals surface area contributed by atoms with Crippen LogP contribution in [-0.4, -0.2) is 36.6 Å². The Balaban J connectivity index is 1.69. The number of rotatable bonds is 3. The van der Waals surface area contributed by atoms with Gasteiger partial charge in [0.1, 0.15) is 0 Å². The number of benzene rings is 1. The Bertz CT molecular complexity index is 540. The van der Waals surface area contributed by atoms with Crippen LogP contribution in [0.4, 0.5) is 0 Å². The molecular weight excluding hydrogens is 286 g/mol. The minimum Gasteiger partial charge on any atom is -0.377 e. The maximum atomic E-state index is 12.6. The molecule has 1 aromatic carbocycles. The highest BCUT2D eigenvalue weighted by atomic mass is 35.5. The summed E-state index contributed by atoms with van der Waals surface area (Å²) in [5.74, 6) is 0.667. The maximum absolute atomic E-state index is 12.6. The standard InChI is InChI=1S/C17H22ClNO2/c1-17(2)15(13-8-9-21-16(13)17)19(3)14(20)10-11-4-6-12(18)7-5-11/h4-7,13,15-16H,8-10H2,1-3H3. The molecule has 1 saturated carbocycles. The molecule has 0 spiro atoms. The van der Waals surface area contributed by atoms with E-state index in [1.807, 2.05) is 36.2 Å². The molecule has 1 amide bonds. The van der Waals surface area contributed by atoms with Gasteiger partial charge in [0.2, 0.25) is 5.91 Å². The molecule has 1 saturated heterocycles. The first kappa shape index (κ1) is 14.9. The Morgan fingerprint density at radius 1 is 1.38 bits per heavy atom. The third-order valence-corrected chi connectivity index (χ3v) is 5.37. The van der Waals surface area contributed by atoms with Gasteiger partial charge in [-0.15, -0.1) is 0 Å². The number of hydrogen-bond acceptors (Lipinski definition) is 2. The van der Waals surface area contributed by atoms with E-state index < -0.39 is 0 Å². The van der Waals surface area contributed by atoms with Crippen molar-refractivity contribution < 1.29 is 9.53 Å². The first-order valence-electron chi connectivity index (χ1n) is 7.53. The van der Waals surface area contributed by atoms with Gasteiger partial charge in [0, 0.05) is 36.1 Å². The van der Waals surface area contributed by atoms with Crippen LogP contribution in [0.5, 0.6) is 0 Å². The fourth-order valence-electron chi connectivity index (χ4n) is 4.14. The van der Waals surface area contributed by atoms with E-state index >= 15 is 0 Å². The highest BCUT2D eigenvalue weighted by Gasteiger charge is 2.61. The van der Waals surface area contributed by atoms with Gasteiger partial charge in [-0.05, 0) is 24.1 Å². The van der Waals surface area contributed by atoms with Crippen LogP contribution in [0.15, 0.2) is 24.3 Å². The van der Waals surface area contributed by atoms with Crippen LogP contribution in [-0.2, 0) is 16.0 Å². The number of halogens is 1. The summed E-state index contributed by atoms with van der Waals surface area (Å²) in [6.45, 7) is 5.24. The second-order valence-corrected chi connectivity index (χ2v) is 7.25. The van der Waals surface area contributed by atoms with Crippen LogP contribution < -0.4 is 0 Å². The molecule has 2 fully saturated rings. The maximum Gasteiger partial charge on any atom is 0.227 e. The molecule has 0 aromatic heterocycles. The Hall–Kier alpha value is -1.06. The van der Waals surface area contributed by atoms with Crippen LogP contribution in [0.3, 0.4) is 0 Å². The van der Waals surface area contributed by atoms with Crippen LogP contribution >= 0.6 is 11.6 Å². The van der Waals surface area contributed by atoms with Gasteiger partial charge in [-0.2, -0.15) is 0 Å². The zero-order valence-electron chi connectivity index (χ0n) is 12.8. The Kier molecular flexibility index (Phi) is 3.74. The Morgan fingerprint density at radius 2 is 2.05 bits per heavy atom. The number of likely N-dealkylation sites (N-methyl/N-ethyl adjacent to an activating group) is 1. The molecule has 114 valence electrons. The number of hydrogen-bond donors (Lipinski definition) is 0. The second kappa shape index (κ2) is 5.29. The smallest absolute Gasteiger partial charge is 0.227 e. The van der Waals surface area contributed by atoms with Crippen molar-refractivity contribution in [2.24, 2.45) is 11.3 Å². The average Bonchev–Trinajstić information content (AvgIpc) is 2.87. The molecule has 1 aliphatic carbocycles. The van der Waals surface area contributed by atoms with Gasteiger partial charge in [0.15, 0.2) is 0 Å². The fourth-order valence-corrected chi connectivity index (χ4v) is 4.27. The lowest BCUT2D eigenvalue weighted by Gasteiger charge is -2.57. The zero-order chi connectivity index (χ0) is 15.2. The zero-order valence-corrected chi connectivity index (χ0v) is 13.6. The van der Waals surface area contributed by atoms with E-state index in [1.54, 1.807) is 0 Å². The van der Waals surface area contributed by atoms with E-state index in [-0.39, 0.29) is 17.4 Å². The summed E-state index contributed by atoms with van der Waals surface area (Å²) >= 11 is 5.88. The number of carbonyl (C=O) groups is 1. The lowest BCUT2D eigenvalue weighted by atomic mass is 9.57. The first-order valence-corrected chi connectivity index (χ1v) is 7.91. The molecular formula is C17H22ClNO2. The monoisotopic (exact) mass is 307 g/mol. The van der Waals surface area contributed by atoms with Gasteiger partial charge >= 0.3 is 0 Å². The topological polar surface area (TPSA) is 29.5 Å². The van der Waals surface area contributed by atoms with E-state index in [1.165, 1.54) is 0 Å². The fraction of sp³-hybridized carbons (Fsp3) is 0.588. The van der Waals surface area contributed by atoms with Gasteiger partial charge in [-0.1, -0.05) is 37.6 Å². The number of ether oxygens (including phenoxy) is 1. The van der Waals surface area contributed by atoms with Crippen molar-refractivity contribution in [2.45, 2.75) is 38.8 Å². The molecule has 21 heavy (non-hydrogen) atoms. The molecule has 1 aliphatic heterocycles. The molecule has 3 unspecified atom stereocenters. The Morgan fingerprint density at radius 3 is 2.71 bits per heavy atom. The molecule has 3 nitrogen and oxygen atoms in total. The normalized spacial score (nSPS) is 29.6. The van der Waals surface area contributed by atoms with Gasteiger partial charge < -0.3 is 9.64 Å². The summed E-state index contributed by atoms with van der Waals surface area (Å²) in [7, 11) is 1.93. The molecule has 1 aromatic rings. The summed E-state index contributed by atoms with van der Waals surface area (Å²) < 4.78 is 5.81. The summed E-state index contributed by atoms with van der Waals surface area (Å²) in [5, 5.41) is 0.700. The van der Waals surface area contributed by atoms with Gasteiger partial charge in [-0.25, -0.2) is 0 Å². The highest BCUT2D eigenvalue weighted by molar-refractivity contribution is 6.30. The first-order chi connectivity index (χ1) is 9.91. The van der Waals surface area contributed by atoms with Crippen molar-refractivity contribution in [2.75, 3.05) is 13.7 Å². The predicted molar refractivity (Wildman–Crippen MR) is 83.3 cm³/mol. The predicted octanol–water partition coefficient (Wildman–Crippen LogP) is 3.15. The van der Waals surface area contributed by atoms with E-state index in [4.69, 9.17) is 16.3 Å². The van der Waals surface area contributed by atoms with Crippen molar-refractivity contribution in [1.29, 1.82) is 0 Å². The molecule has 2 aliphatic rings. The Labute approximate surface area is 131 Å². The third-order valence-electron chi connectivity index (χ3n) is 5.12. The quantitative estimate of drug-likeness (QED) is 0.858. The molecule has 4 heteroatoms. The van der Waals surface area contributed by atoms with Crippen molar-refractivity contribution in [3.05, 3.63) is 34.9 Å². The van der Waals surface area contributed by atoms with Gasteiger partial charge in [0.25, 0.3) is 0 Å². The van der Waals surface area contributed by atoms with Gasteiger partial charge in [-0.3, -0.25) is 4.79 Å². The molecule has 0 bridgehead atoms. The summed E-state index contributed by atoms with van der Waals surface area (Å²) in [5.41, 5.74) is 1.05. The van der Waals surface area contributed by atoms with Crippen LogP contribution in [0.25, 0.3) is 0 Å². The van der Waals surface area contributed by atoms with Gasteiger partial charge in [0.05, 0.1) is 12.5 Å². The largest absolute Gasteiger partial charge is 0.377 e. The lowest BCUT2D eigenvalue weighted by Crippen LogP contribution is -2.67. The SMILES string of the molecule is CN(C(=O)Cc1ccc(Cl)cc1)C1C2CCOC2C1(C)C. The molecule has 0 radical (unpaired) electrons. The van der Waals surface area contributed by atoms with Crippen LogP contribution in [0, 0.1) is 11.3 Å². The van der Waals surface area contributed by atoms with Crippen LogP contribution in [0.1, 0.15) is 25.8 Å². The average molecular weight is 308 g/mol. The highest BCUT2D eigenvalue weighted by Crippen LogP contribution is 2.54. The third kappa shape index (κ3) is 2.47. The molecule has 3 atom stereocenters. The number of fused-ring (bicyclic) bond motifs is 1. The number of amides is 1. The van der Waals surface area contributed by atoms with Crippen molar-refractivity contribution in [3.63, 3.8) is 0 Å². The summed E-state index contributed by atoms with van der Waals surface area (Å²) in [6, 6.07) is 7.78. The lowest BCUT2D eigenvalue weighted by molar-refractivity contribution is -0.166. The second-order valence-electron chi connectivity index (χ2n) is 6.82. The van der Waals surface area contributed by atoms with E-state index in [0.29, 0.717) is 23.5 Å². The van der Waals surface area contributed by atoms with Crippen molar-refractivity contribution >= 4 is 17.5 Å². The van der Waals surface area contributed by atoms with E-state index in [2.05, 4.69) is 13.8 Å². The minimum absolute atomic E-state index is 0.0472. The minimum atomic E-state index is 0.0472. The van der Waals surface area contributed by atoms with Crippen LogP contribution in [0.2, 0.25) is 5.02 Å². The summed E-state index contributed by atoms with van der Waals surface area (Å²) in [6.07, 6.45) is 1.81. The van der Waals surface area contributed by atoms with E-state index in [0.717, 1.165) is 18.6 Å². The molecule has 3 rings (SSSR count).